The van der Waals surface area contributed by atoms with E-state index >= 15 is 0 Å². The molecule has 34 heavy (non-hydrogen) atoms. The van der Waals surface area contributed by atoms with Gasteiger partial charge in [0, 0.05) is 17.3 Å². The van der Waals surface area contributed by atoms with E-state index in [9.17, 15) is 9.59 Å². The molecule has 2 heterocycles. The van der Waals surface area contributed by atoms with Crippen molar-refractivity contribution in [3.05, 3.63) is 89.1 Å². The second-order valence-corrected chi connectivity index (χ2v) is 8.82. The molecule has 0 aliphatic heterocycles. The molecule has 4 aromatic rings. The van der Waals surface area contributed by atoms with E-state index in [0.29, 0.717) is 16.4 Å². The Morgan fingerprint density at radius 2 is 1.62 bits per heavy atom. The molecular weight excluding hydrogens is 446 g/mol. The number of benzene rings is 2. The third-order valence-corrected chi connectivity index (χ3v) is 6.57. The number of amides is 2. The van der Waals surface area contributed by atoms with E-state index in [1.165, 1.54) is 11.8 Å². The number of pyridine rings is 1. The highest BCUT2D eigenvalue weighted by Crippen LogP contribution is 2.28. The molecule has 172 valence electrons. The highest BCUT2D eigenvalue weighted by atomic mass is 32.2. The minimum Gasteiger partial charge on any atom is -0.366 e. The van der Waals surface area contributed by atoms with Crippen molar-refractivity contribution in [3.8, 4) is 16.9 Å². The first kappa shape index (κ1) is 23.3. The number of carbonyl (C=O) groups is 2. The van der Waals surface area contributed by atoms with Gasteiger partial charge in [-0.25, -0.2) is 9.67 Å². The molecule has 2 aromatic carbocycles. The third-order valence-electron chi connectivity index (χ3n) is 5.60. The minimum absolute atomic E-state index is 0.0653. The number of aryl methyl sites for hydroxylation is 1. The lowest BCUT2D eigenvalue weighted by Crippen LogP contribution is -2.19. The molecule has 0 radical (unpaired) electrons. The highest BCUT2D eigenvalue weighted by molar-refractivity contribution is 8.00. The van der Waals surface area contributed by atoms with E-state index in [-0.39, 0.29) is 11.7 Å². The Kier molecular flexibility index (Phi) is 6.79. The predicted molar refractivity (Wildman–Crippen MR) is 135 cm³/mol. The predicted octanol–water partition coefficient (Wildman–Crippen LogP) is 4.69. The molecule has 0 atom stereocenters. The summed E-state index contributed by atoms with van der Waals surface area (Å²) in [5.74, 6) is -0.175. The molecule has 2 aromatic heterocycles. The summed E-state index contributed by atoms with van der Waals surface area (Å²) in [6, 6.07) is 21.2. The van der Waals surface area contributed by atoms with Crippen LogP contribution in [0.15, 0.2) is 71.8 Å². The molecule has 2 amide bonds. The number of aromatic nitrogens is 3. The lowest BCUT2D eigenvalue weighted by atomic mass is 10.0. The van der Waals surface area contributed by atoms with Crippen molar-refractivity contribution in [2.75, 3.05) is 11.1 Å². The number of thioether (sulfide) groups is 1. The van der Waals surface area contributed by atoms with Gasteiger partial charge in [0.15, 0.2) is 0 Å². The third kappa shape index (κ3) is 4.87. The first-order valence-electron chi connectivity index (χ1n) is 10.8. The Morgan fingerprint density at radius 1 is 0.971 bits per heavy atom. The monoisotopic (exact) mass is 471 g/mol. The van der Waals surface area contributed by atoms with Gasteiger partial charge in [0.2, 0.25) is 5.91 Å². The number of carbonyl (C=O) groups excluding carboxylic acids is 2. The summed E-state index contributed by atoms with van der Waals surface area (Å²) >= 11 is 1.19. The zero-order chi connectivity index (χ0) is 24.2. The average molecular weight is 472 g/mol. The van der Waals surface area contributed by atoms with E-state index < -0.39 is 5.91 Å². The molecule has 3 N–H and O–H groups in total. The van der Waals surface area contributed by atoms with E-state index in [2.05, 4.69) is 10.3 Å². The molecule has 0 spiro atoms. The number of nitrogens with zero attached hydrogens (tertiary/aromatic N) is 3. The van der Waals surface area contributed by atoms with Gasteiger partial charge in [0.1, 0.15) is 10.8 Å². The number of primary amides is 1. The van der Waals surface area contributed by atoms with E-state index in [1.807, 2.05) is 87.5 Å². The Bertz CT molecular complexity index is 1350. The quantitative estimate of drug-likeness (QED) is 0.381. The van der Waals surface area contributed by atoms with E-state index in [4.69, 9.17) is 10.8 Å². The van der Waals surface area contributed by atoms with Crippen LogP contribution < -0.4 is 11.1 Å². The van der Waals surface area contributed by atoms with Crippen molar-refractivity contribution < 1.29 is 9.59 Å². The van der Waals surface area contributed by atoms with Gasteiger partial charge in [-0.05, 0) is 44.0 Å². The molecule has 0 bridgehead atoms. The molecule has 4 rings (SSSR count). The number of rotatable bonds is 7. The Morgan fingerprint density at radius 3 is 2.26 bits per heavy atom. The summed E-state index contributed by atoms with van der Waals surface area (Å²) in [6.45, 7) is 5.62. The number of hydrogen-bond acceptors (Lipinski definition) is 5. The lowest BCUT2D eigenvalue weighted by Gasteiger charge is -2.13. The lowest BCUT2D eigenvalue weighted by molar-refractivity contribution is -0.113. The first-order chi connectivity index (χ1) is 16.3. The standard InChI is InChI=1S/C26H25N5O2S/c1-16-17(2)24(25(27)33)26(28-18(16)3)34-15-23(32)29-22-14-21(19-10-6-4-7-11-19)30-31(22)20-12-8-5-9-13-20/h4-14H,15H2,1-3H3,(H2,27,33)(H,29,32). The number of hydrogen-bond donors (Lipinski definition) is 2. The van der Waals surface area contributed by atoms with Gasteiger partial charge < -0.3 is 11.1 Å². The second-order valence-electron chi connectivity index (χ2n) is 7.86. The van der Waals surface area contributed by atoms with Crippen molar-refractivity contribution in [2.45, 2.75) is 25.8 Å². The Balaban J connectivity index is 1.59. The molecule has 0 aliphatic rings. The summed E-state index contributed by atoms with van der Waals surface area (Å²) in [4.78, 5) is 29.5. The SMILES string of the molecule is Cc1nc(SCC(=O)Nc2cc(-c3ccccc3)nn2-c2ccccc2)c(C(N)=O)c(C)c1C. The molecule has 0 saturated heterocycles. The van der Waals surface area contributed by atoms with Crippen molar-refractivity contribution in [1.29, 1.82) is 0 Å². The summed E-state index contributed by atoms with van der Waals surface area (Å²) in [7, 11) is 0. The van der Waals surface area contributed by atoms with Gasteiger partial charge in [-0.2, -0.15) is 5.10 Å². The minimum atomic E-state index is -0.550. The largest absolute Gasteiger partial charge is 0.366 e. The van der Waals surface area contributed by atoms with Gasteiger partial charge in [0.05, 0.1) is 22.7 Å². The fourth-order valence-corrected chi connectivity index (χ4v) is 4.54. The van der Waals surface area contributed by atoms with Crippen LogP contribution in [0.2, 0.25) is 0 Å². The van der Waals surface area contributed by atoms with Crippen LogP contribution in [0.1, 0.15) is 27.2 Å². The Labute approximate surface area is 202 Å². The van der Waals surface area contributed by atoms with Crippen molar-refractivity contribution in [2.24, 2.45) is 5.73 Å². The molecule has 0 aliphatic carbocycles. The number of nitrogens with one attached hydrogen (secondary N) is 1. The van der Waals surface area contributed by atoms with Crippen LogP contribution in [0.5, 0.6) is 0 Å². The summed E-state index contributed by atoms with van der Waals surface area (Å²) in [5.41, 5.74) is 11.0. The van der Waals surface area contributed by atoms with E-state index in [0.717, 1.165) is 33.8 Å². The first-order valence-corrected chi connectivity index (χ1v) is 11.7. The van der Waals surface area contributed by atoms with Crippen LogP contribution in [-0.2, 0) is 4.79 Å². The topological polar surface area (TPSA) is 103 Å². The number of anilines is 1. The Hall–Kier alpha value is -3.91. The normalized spacial score (nSPS) is 10.8. The summed E-state index contributed by atoms with van der Waals surface area (Å²) in [5, 5.41) is 8.13. The summed E-state index contributed by atoms with van der Waals surface area (Å²) in [6.07, 6.45) is 0. The second kappa shape index (κ2) is 9.93. The molecule has 0 saturated carbocycles. The number of para-hydroxylation sites is 1. The van der Waals surface area contributed by atoms with E-state index in [1.54, 1.807) is 4.68 Å². The highest BCUT2D eigenvalue weighted by Gasteiger charge is 2.19. The van der Waals surface area contributed by atoms with Crippen LogP contribution in [-0.4, -0.2) is 32.3 Å². The zero-order valence-electron chi connectivity index (χ0n) is 19.2. The summed E-state index contributed by atoms with van der Waals surface area (Å²) < 4.78 is 1.71. The van der Waals surface area contributed by atoms with Crippen molar-refractivity contribution >= 4 is 29.4 Å². The van der Waals surface area contributed by atoms with Gasteiger partial charge in [-0.3, -0.25) is 9.59 Å². The number of nitrogens with two attached hydrogens (primary N) is 1. The molecular formula is C26H25N5O2S. The van der Waals surface area contributed by atoms with Crippen LogP contribution in [0, 0.1) is 20.8 Å². The van der Waals surface area contributed by atoms with Crippen molar-refractivity contribution in [3.63, 3.8) is 0 Å². The molecule has 7 nitrogen and oxygen atoms in total. The smallest absolute Gasteiger partial charge is 0.251 e. The molecule has 8 heteroatoms. The van der Waals surface area contributed by atoms with Crippen LogP contribution in [0.4, 0.5) is 5.82 Å². The zero-order valence-corrected chi connectivity index (χ0v) is 20.0. The molecule has 0 unspecified atom stereocenters. The van der Waals surface area contributed by atoms with Gasteiger partial charge >= 0.3 is 0 Å². The maximum absolute atomic E-state index is 12.9. The van der Waals surface area contributed by atoms with Gasteiger partial charge in [-0.1, -0.05) is 60.3 Å². The molecule has 0 fully saturated rings. The van der Waals surface area contributed by atoms with Gasteiger partial charge in [0.25, 0.3) is 5.91 Å². The average Bonchev–Trinajstić information content (AvgIpc) is 3.25. The maximum Gasteiger partial charge on any atom is 0.251 e. The fourth-order valence-electron chi connectivity index (χ4n) is 3.60. The maximum atomic E-state index is 12.9. The van der Waals surface area contributed by atoms with Gasteiger partial charge in [-0.15, -0.1) is 0 Å². The van der Waals surface area contributed by atoms with Crippen LogP contribution in [0.3, 0.4) is 0 Å². The fraction of sp³-hybridized carbons (Fsp3) is 0.154. The van der Waals surface area contributed by atoms with Crippen LogP contribution in [0.25, 0.3) is 16.9 Å². The van der Waals surface area contributed by atoms with Crippen molar-refractivity contribution in [1.82, 2.24) is 14.8 Å². The van der Waals surface area contributed by atoms with Crippen LogP contribution >= 0.6 is 11.8 Å².